The summed E-state index contributed by atoms with van der Waals surface area (Å²) in [5, 5.41) is 0. The van der Waals surface area contributed by atoms with Crippen molar-refractivity contribution in [2.75, 3.05) is 6.61 Å². The Hall–Kier alpha value is -1.33. The molecule has 0 aliphatic rings. The van der Waals surface area contributed by atoms with Crippen molar-refractivity contribution in [2.24, 2.45) is 5.73 Å². The number of alkyl halides is 1. The van der Waals surface area contributed by atoms with Crippen molar-refractivity contribution in [3.05, 3.63) is 29.8 Å². The van der Waals surface area contributed by atoms with Crippen LogP contribution in [0.4, 0.5) is 4.39 Å². The van der Waals surface area contributed by atoms with Gasteiger partial charge >= 0.3 is 5.97 Å². The minimum Gasteiger partial charge on any atom is -0.491 e. The summed E-state index contributed by atoms with van der Waals surface area (Å²) in [5.41, 5.74) is 6.23. The summed E-state index contributed by atoms with van der Waals surface area (Å²) < 4.78 is 23.8. The van der Waals surface area contributed by atoms with E-state index in [1.807, 2.05) is 13.8 Å². The van der Waals surface area contributed by atoms with Crippen molar-refractivity contribution in [2.45, 2.75) is 39.1 Å². The van der Waals surface area contributed by atoms with E-state index in [4.69, 9.17) is 10.5 Å². The van der Waals surface area contributed by atoms with Crippen LogP contribution in [0, 0.1) is 0 Å². The van der Waals surface area contributed by atoms with E-state index in [1.165, 1.54) is 0 Å². The molecule has 114 valence electrons. The number of hydrogen-bond acceptors (Lipinski definition) is 4. The van der Waals surface area contributed by atoms with Crippen LogP contribution in [0.2, 0.25) is 0 Å². The average molecular weight is 306 g/mol. The quantitative estimate of drug-likeness (QED) is 0.821. The number of benzene rings is 1. The first-order valence-electron chi connectivity index (χ1n) is 6.28. The third-order valence-electron chi connectivity index (χ3n) is 2.46. The Morgan fingerprint density at radius 3 is 2.30 bits per heavy atom. The molecule has 0 saturated carbocycles. The van der Waals surface area contributed by atoms with E-state index in [0.29, 0.717) is 11.3 Å². The minimum atomic E-state index is -1.86. The van der Waals surface area contributed by atoms with Crippen molar-refractivity contribution in [1.82, 2.24) is 0 Å². The smallest absolute Gasteiger partial charge is 0.342 e. The zero-order valence-corrected chi connectivity index (χ0v) is 12.7. The minimum absolute atomic E-state index is 0. The first kappa shape index (κ1) is 18.7. The Morgan fingerprint density at radius 1 is 1.30 bits per heavy atom. The molecule has 1 aromatic rings. The van der Waals surface area contributed by atoms with Gasteiger partial charge in [-0.1, -0.05) is 12.1 Å². The van der Waals surface area contributed by atoms with Crippen molar-refractivity contribution in [3.63, 3.8) is 0 Å². The first-order chi connectivity index (χ1) is 8.95. The van der Waals surface area contributed by atoms with Crippen LogP contribution in [0.1, 0.15) is 32.4 Å². The SMILES string of the molecule is CCOC(=O)C(F)[C@@H](N)c1ccc(OC(C)C)cc1.Cl. The number of hydrogen-bond donors (Lipinski definition) is 1. The molecule has 1 aromatic carbocycles. The standard InChI is InChI=1S/C14H20FNO3.ClH/c1-4-18-14(17)12(15)13(16)10-5-7-11(8-6-10)19-9(2)3;/h5-9,12-13H,4,16H2,1-3H3;1H/t12?,13-;/m0./s1. The Kier molecular flexibility index (Phi) is 8.18. The maximum absolute atomic E-state index is 13.7. The fourth-order valence-corrected chi connectivity index (χ4v) is 1.58. The van der Waals surface area contributed by atoms with Crippen molar-refractivity contribution >= 4 is 18.4 Å². The lowest BCUT2D eigenvalue weighted by Crippen LogP contribution is -2.31. The molecule has 0 fully saturated rings. The molecular formula is C14H21ClFNO3. The summed E-state index contributed by atoms with van der Waals surface area (Å²) in [5.74, 6) is -0.255. The molecule has 1 rings (SSSR count). The number of carbonyl (C=O) groups excluding carboxylic acids is 1. The number of ether oxygens (including phenoxy) is 2. The summed E-state index contributed by atoms with van der Waals surface area (Å²) >= 11 is 0. The highest BCUT2D eigenvalue weighted by molar-refractivity contribution is 5.85. The number of esters is 1. The molecule has 1 unspecified atom stereocenters. The molecule has 0 heterocycles. The molecule has 2 atom stereocenters. The van der Waals surface area contributed by atoms with Gasteiger partial charge in [-0.3, -0.25) is 0 Å². The lowest BCUT2D eigenvalue weighted by Gasteiger charge is -2.16. The molecular weight excluding hydrogens is 285 g/mol. The Labute approximate surface area is 124 Å². The van der Waals surface area contributed by atoms with Gasteiger partial charge in [-0.25, -0.2) is 9.18 Å². The lowest BCUT2D eigenvalue weighted by molar-refractivity contribution is -0.149. The van der Waals surface area contributed by atoms with Crippen molar-refractivity contribution in [1.29, 1.82) is 0 Å². The zero-order valence-electron chi connectivity index (χ0n) is 11.8. The zero-order chi connectivity index (χ0) is 14.4. The van der Waals surface area contributed by atoms with Crippen LogP contribution >= 0.6 is 12.4 Å². The fourth-order valence-electron chi connectivity index (χ4n) is 1.58. The van der Waals surface area contributed by atoms with Crippen LogP contribution < -0.4 is 10.5 Å². The molecule has 0 amide bonds. The van der Waals surface area contributed by atoms with Gasteiger partial charge in [-0.05, 0) is 38.5 Å². The topological polar surface area (TPSA) is 61.5 Å². The lowest BCUT2D eigenvalue weighted by atomic mass is 10.0. The van der Waals surface area contributed by atoms with Gasteiger partial charge in [0.2, 0.25) is 6.17 Å². The highest BCUT2D eigenvalue weighted by Crippen LogP contribution is 2.21. The summed E-state index contributed by atoms with van der Waals surface area (Å²) in [6.45, 7) is 5.58. The summed E-state index contributed by atoms with van der Waals surface area (Å²) in [6, 6.07) is 5.66. The van der Waals surface area contributed by atoms with E-state index >= 15 is 0 Å². The largest absolute Gasteiger partial charge is 0.491 e. The van der Waals surface area contributed by atoms with Crippen LogP contribution in [0.15, 0.2) is 24.3 Å². The maximum Gasteiger partial charge on any atom is 0.342 e. The maximum atomic E-state index is 13.7. The van der Waals surface area contributed by atoms with E-state index in [-0.39, 0.29) is 25.1 Å². The number of nitrogens with two attached hydrogens (primary N) is 1. The van der Waals surface area contributed by atoms with Gasteiger partial charge in [-0.15, -0.1) is 12.4 Å². The molecule has 6 heteroatoms. The molecule has 0 radical (unpaired) electrons. The van der Waals surface area contributed by atoms with Gasteiger partial charge in [0, 0.05) is 0 Å². The highest BCUT2D eigenvalue weighted by atomic mass is 35.5. The van der Waals surface area contributed by atoms with E-state index in [1.54, 1.807) is 31.2 Å². The predicted molar refractivity (Wildman–Crippen MR) is 77.9 cm³/mol. The third kappa shape index (κ3) is 5.35. The van der Waals surface area contributed by atoms with Crippen LogP contribution in [0.3, 0.4) is 0 Å². The second-order valence-corrected chi connectivity index (χ2v) is 4.42. The fraction of sp³-hybridized carbons (Fsp3) is 0.500. The van der Waals surface area contributed by atoms with Gasteiger partial charge in [0.15, 0.2) is 0 Å². The van der Waals surface area contributed by atoms with Crippen LogP contribution in [-0.2, 0) is 9.53 Å². The highest BCUT2D eigenvalue weighted by Gasteiger charge is 2.27. The summed E-state index contributed by atoms with van der Waals surface area (Å²) in [4.78, 5) is 11.3. The van der Waals surface area contributed by atoms with Crippen LogP contribution in [0.5, 0.6) is 5.75 Å². The molecule has 0 saturated heterocycles. The van der Waals surface area contributed by atoms with E-state index in [9.17, 15) is 9.18 Å². The molecule has 20 heavy (non-hydrogen) atoms. The van der Waals surface area contributed by atoms with Crippen LogP contribution in [0.25, 0.3) is 0 Å². The molecule has 0 aliphatic heterocycles. The van der Waals surface area contributed by atoms with Crippen molar-refractivity contribution in [3.8, 4) is 5.75 Å². The summed E-state index contributed by atoms with van der Waals surface area (Å²) in [7, 11) is 0. The second-order valence-electron chi connectivity index (χ2n) is 4.42. The van der Waals surface area contributed by atoms with E-state index in [0.717, 1.165) is 0 Å². The Balaban J connectivity index is 0.00000361. The molecule has 4 nitrogen and oxygen atoms in total. The number of carbonyl (C=O) groups is 1. The monoisotopic (exact) mass is 305 g/mol. The summed E-state index contributed by atoms with van der Waals surface area (Å²) in [6.07, 6.45) is -1.80. The van der Waals surface area contributed by atoms with E-state index in [2.05, 4.69) is 4.74 Å². The molecule has 2 N–H and O–H groups in total. The normalized spacial score (nSPS) is 13.3. The Bertz CT molecular complexity index is 411. The second kappa shape index (κ2) is 8.76. The van der Waals surface area contributed by atoms with Crippen LogP contribution in [-0.4, -0.2) is 24.9 Å². The first-order valence-corrected chi connectivity index (χ1v) is 6.28. The van der Waals surface area contributed by atoms with Gasteiger partial charge in [0.05, 0.1) is 18.8 Å². The van der Waals surface area contributed by atoms with Gasteiger partial charge < -0.3 is 15.2 Å². The molecule has 0 aliphatic carbocycles. The Morgan fingerprint density at radius 2 is 1.85 bits per heavy atom. The van der Waals surface area contributed by atoms with Gasteiger partial charge in [0.25, 0.3) is 0 Å². The molecule has 0 spiro atoms. The van der Waals surface area contributed by atoms with Gasteiger partial charge in [-0.2, -0.15) is 0 Å². The van der Waals surface area contributed by atoms with E-state index < -0.39 is 18.2 Å². The van der Waals surface area contributed by atoms with Crippen molar-refractivity contribution < 1.29 is 18.7 Å². The number of rotatable bonds is 6. The molecule has 0 bridgehead atoms. The third-order valence-corrected chi connectivity index (χ3v) is 2.46. The average Bonchev–Trinajstić information content (AvgIpc) is 2.37. The van der Waals surface area contributed by atoms with Gasteiger partial charge in [0.1, 0.15) is 5.75 Å². The molecule has 0 aromatic heterocycles. The number of halogens is 2. The predicted octanol–water partition coefficient (Wildman–Crippen LogP) is 2.80.